The van der Waals surface area contributed by atoms with Crippen molar-refractivity contribution in [3.05, 3.63) is 22.6 Å². The molecule has 3 aromatic heterocycles. The van der Waals surface area contributed by atoms with Crippen molar-refractivity contribution in [2.24, 2.45) is 0 Å². The second kappa shape index (κ2) is 6.12. The highest BCUT2D eigenvalue weighted by Crippen LogP contribution is 2.36. The largest absolute Gasteiger partial charge is 0.339 e. The van der Waals surface area contributed by atoms with Gasteiger partial charge in [-0.3, -0.25) is 4.79 Å². The molecule has 1 aliphatic rings. The average molecular weight is 343 g/mol. The summed E-state index contributed by atoms with van der Waals surface area (Å²) < 4.78 is 1.66. The normalized spacial score (nSPS) is 14.2. The van der Waals surface area contributed by atoms with Gasteiger partial charge in [0.15, 0.2) is 5.65 Å². The summed E-state index contributed by atoms with van der Waals surface area (Å²) in [6.45, 7) is 2.84. The fourth-order valence-corrected chi connectivity index (χ4v) is 4.54. The summed E-state index contributed by atoms with van der Waals surface area (Å²) in [6, 6.07) is 0. The third-order valence-electron chi connectivity index (χ3n) is 4.68. The molecule has 4 rings (SSSR count). The standard InChI is InChI=1S/C17H21N5OS/c1-3-4-9-21(2)17(23)14-19-15-13-11-7-5-6-8-12(11)24-16(13)18-10-22(15)20-14/h10H,3-9H2,1-2H3. The van der Waals surface area contributed by atoms with Crippen molar-refractivity contribution in [2.45, 2.75) is 45.4 Å². The Balaban J connectivity index is 1.79. The first kappa shape index (κ1) is 15.5. The zero-order chi connectivity index (χ0) is 16.7. The number of nitrogens with zero attached hydrogens (tertiary/aromatic N) is 5. The molecule has 0 saturated heterocycles. The summed E-state index contributed by atoms with van der Waals surface area (Å²) in [6.07, 6.45) is 8.37. The summed E-state index contributed by atoms with van der Waals surface area (Å²) in [5.41, 5.74) is 2.14. The van der Waals surface area contributed by atoms with Crippen LogP contribution in [-0.4, -0.2) is 44.0 Å². The minimum absolute atomic E-state index is 0.121. The molecule has 0 N–H and O–H groups in total. The summed E-state index contributed by atoms with van der Waals surface area (Å²) in [7, 11) is 1.81. The predicted octanol–water partition coefficient (Wildman–Crippen LogP) is 3.09. The number of aryl methyl sites for hydroxylation is 2. The van der Waals surface area contributed by atoms with E-state index in [2.05, 4.69) is 22.0 Å². The molecule has 0 spiro atoms. The Kier molecular flexibility index (Phi) is 3.96. The Morgan fingerprint density at radius 2 is 2.21 bits per heavy atom. The van der Waals surface area contributed by atoms with Gasteiger partial charge in [-0.1, -0.05) is 13.3 Å². The number of hydrogen-bond donors (Lipinski definition) is 0. The van der Waals surface area contributed by atoms with Gasteiger partial charge in [-0.25, -0.2) is 14.5 Å². The summed E-state index contributed by atoms with van der Waals surface area (Å²) >= 11 is 1.76. The minimum atomic E-state index is -0.121. The maximum Gasteiger partial charge on any atom is 0.293 e. The number of thiophene rings is 1. The fraction of sp³-hybridized carbons (Fsp3) is 0.529. The van der Waals surface area contributed by atoms with Gasteiger partial charge in [-0.2, -0.15) is 0 Å². The van der Waals surface area contributed by atoms with Crippen molar-refractivity contribution in [1.29, 1.82) is 0 Å². The molecule has 0 fully saturated rings. The lowest BCUT2D eigenvalue weighted by atomic mass is 9.97. The average Bonchev–Trinajstić information content (AvgIpc) is 3.19. The van der Waals surface area contributed by atoms with E-state index in [1.54, 1.807) is 27.1 Å². The third kappa shape index (κ3) is 2.47. The zero-order valence-electron chi connectivity index (χ0n) is 14.1. The fourth-order valence-electron chi connectivity index (χ4n) is 3.31. The topological polar surface area (TPSA) is 63.4 Å². The van der Waals surface area contributed by atoms with E-state index in [-0.39, 0.29) is 11.7 Å². The number of fused-ring (bicyclic) bond motifs is 5. The van der Waals surface area contributed by atoms with Crippen LogP contribution in [0.1, 0.15) is 53.7 Å². The lowest BCUT2D eigenvalue weighted by molar-refractivity contribution is 0.0781. The van der Waals surface area contributed by atoms with Crippen molar-refractivity contribution in [3.63, 3.8) is 0 Å². The highest BCUT2D eigenvalue weighted by molar-refractivity contribution is 7.19. The maximum absolute atomic E-state index is 12.6. The van der Waals surface area contributed by atoms with Gasteiger partial charge in [0.2, 0.25) is 5.82 Å². The number of unbranched alkanes of at least 4 members (excludes halogenated alkanes) is 1. The summed E-state index contributed by atoms with van der Waals surface area (Å²) in [5.74, 6) is 0.142. The van der Waals surface area contributed by atoms with Gasteiger partial charge >= 0.3 is 0 Å². The number of hydrogen-bond acceptors (Lipinski definition) is 5. The number of aromatic nitrogens is 4. The van der Waals surface area contributed by atoms with E-state index >= 15 is 0 Å². The first-order valence-electron chi connectivity index (χ1n) is 8.60. The quantitative estimate of drug-likeness (QED) is 0.730. The van der Waals surface area contributed by atoms with Crippen LogP contribution in [0.15, 0.2) is 6.33 Å². The van der Waals surface area contributed by atoms with Gasteiger partial charge in [0, 0.05) is 18.5 Å². The number of amides is 1. The van der Waals surface area contributed by atoms with Crippen molar-refractivity contribution < 1.29 is 4.79 Å². The van der Waals surface area contributed by atoms with Gasteiger partial charge in [0.25, 0.3) is 5.91 Å². The lowest BCUT2D eigenvalue weighted by Crippen LogP contribution is -2.28. The Labute approximate surface area is 144 Å². The molecule has 0 unspecified atom stereocenters. The van der Waals surface area contributed by atoms with E-state index in [0.29, 0.717) is 0 Å². The molecule has 3 heterocycles. The van der Waals surface area contributed by atoms with Crippen LogP contribution in [0.4, 0.5) is 0 Å². The van der Waals surface area contributed by atoms with Gasteiger partial charge in [-0.05, 0) is 37.7 Å². The first-order chi connectivity index (χ1) is 11.7. The van der Waals surface area contributed by atoms with Gasteiger partial charge in [0.05, 0.1) is 5.39 Å². The second-order valence-corrected chi connectivity index (χ2v) is 7.50. The number of carbonyl (C=O) groups excluding carboxylic acids is 1. The third-order valence-corrected chi connectivity index (χ3v) is 5.88. The smallest absolute Gasteiger partial charge is 0.293 e. The Hall–Kier alpha value is -2.02. The minimum Gasteiger partial charge on any atom is -0.339 e. The van der Waals surface area contributed by atoms with Gasteiger partial charge < -0.3 is 4.90 Å². The van der Waals surface area contributed by atoms with Crippen LogP contribution in [0.2, 0.25) is 0 Å². The predicted molar refractivity (Wildman–Crippen MR) is 94.7 cm³/mol. The van der Waals surface area contributed by atoms with E-state index in [0.717, 1.165) is 48.1 Å². The molecule has 1 amide bonds. The second-order valence-electron chi connectivity index (χ2n) is 6.42. The Morgan fingerprint density at radius 1 is 1.38 bits per heavy atom. The van der Waals surface area contributed by atoms with Crippen LogP contribution in [0.3, 0.4) is 0 Å². The van der Waals surface area contributed by atoms with Crippen LogP contribution < -0.4 is 0 Å². The molecule has 0 aliphatic heterocycles. The summed E-state index contributed by atoms with van der Waals surface area (Å²) in [4.78, 5) is 25.8. The van der Waals surface area contributed by atoms with E-state index < -0.39 is 0 Å². The molecule has 1 aliphatic carbocycles. The van der Waals surface area contributed by atoms with Crippen molar-refractivity contribution >= 4 is 33.1 Å². The van der Waals surface area contributed by atoms with Gasteiger partial charge in [0.1, 0.15) is 11.2 Å². The van der Waals surface area contributed by atoms with Crippen LogP contribution in [0.25, 0.3) is 15.9 Å². The zero-order valence-corrected chi connectivity index (χ0v) is 14.9. The molecule has 0 atom stereocenters. The highest BCUT2D eigenvalue weighted by Gasteiger charge is 2.23. The first-order valence-corrected chi connectivity index (χ1v) is 9.41. The van der Waals surface area contributed by atoms with Crippen molar-refractivity contribution in [1.82, 2.24) is 24.5 Å². The molecule has 24 heavy (non-hydrogen) atoms. The molecule has 126 valence electrons. The number of carbonyl (C=O) groups is 1. The molecule has 0 saturated carbocycles. The van der Waals surface area contributed by atoms with Crippen LogP contribution >= 0.6 is 11.3 Å². The molecule has 0 aromatic carbocycles. The molecular weight excluding hydrogens is 322 g/mol. The molecule has 0 bridgehead atoms. The highest BCUT2D eigenvalue weighted by atomic mass is 32.1. The monoisotopic (exact) mass is 343 g/mol. The summed E-state index contributed by atoms with van der Waals surface area (Å²) in [5, 5.41) is 5.47. The van der Waals surface area contributed by atoms with E-state index in [9.17, 15) is 4.79 Å². The Bertz CT molecular complexity index is 913. The van der Waals surface area contributed by atoms with Crippen molar-refractivity contribution in [2.75, 3.05) is 13.6 Å². The van der Waals surface area contributed by atoms with E-state index in [4.69, 9.17) is 0 Å². The van der Waals surface area contributed by atoms with E-state index in [1.807, 2.05) is 7.05 Å². The van der Waals surface area contributed by atoms with Crippen LogP contribution in [-0.2, 0) is 12.8 Å². The Morgan fingerprint density at radius 3 is 3.04 bits per heavy atom. The molecule has 6 nitrogen and oxygen atoms in total. The van der Waals surface area contributed by atoms with E-state index in [1.165, 1.54) is 23.3 Å². The molecule has 3 aromatic rings. The molecule has 7 heteroatoms. The lowest BCUT2D eigenvalue weighted by Gasteiger charge is -2.13. The molecule has 0 radical (unpaired) electrons. The molecular formula is C17H21N5OS. The SMILES string of the molecule is CCCCN(C)C(=O)c1nc2c3c4c(sc3ncn2n1)CCCC4. The maximum atomic E-state index is 12.6. The van der Waals surface area contributed by atoms with Crippen LogP contribution in [0, 0.1) is 0 Å². The van der Waals surface area contributed by atoms with Crippen molar-refractivity contribution in [3.8, 4) is 0 Å². The van der Waals surface area contributed by atoms with Crippen LogP contribution in [0.5, 0.6) is 0 Å². The number of rotatable bonds is 4. The van der Waals surface area contributed by atoms with Gasteiger partial charge in [-0.15, -0.1) is 16.4 Å².